The van der Waals surface area contributed by atoms with Gasteiger partial charge < -0.3 is 10.1 Å². The molecule has 1 N–H and O–H groups in total. The molecule has 1 rings (SSSR count). The SMILES string of the molecule is CC(C)OC(=O)NCc1ccc(F)c(F)c1. The summed E-state index contributed by atoms with van der Waals surface area (Å²) in [5.74, 6) is -1.84. The highest BCUT2D eigenvalue weighted by atomic mass is 19.2. The molecule has 0 unspecified atom stereocenters. The van der Waals surface area contributed by atoms with E-state index in [1.54, 1.807) is 13.8 Å². The maximum atomic E-state index is 12.8. The predicted molar refractivity (Wildman–Crippen MR) is 54.8 cm³/mol. The number of carbonyl (C=O) groups excluding carboxylic acids is 1. The first-order chi connectivity index (χ1) is 7.49. The lowest BCUT2D eigenvalue weighted by atomic mass is 10.2. The topological polar surface area (TPSA) is 38.3 Å². The van der Waals surface area contributed by atoms with Crippen molar-refractivity contribution in [3.8, 4) is 0 Å². The van der Waals surface area contributed by atoms with Crippen LogP contribution in [0.1, 0.15) is 19.4 Å². The third kappa shape index (κ3) is 3.84. The van der Waals surface area contributed by atoms with Gasteiger partial charge in [0.25, 0.3) is 0 Å². The van der Waals surface area contributed by atoms with E-state index < -0.39 is 17.7 Å². The van der Waals surface area contributed by atoms with Gasteiger partial charge in [0.1, 0.15) is 0 Å². The highest BCUT2D eigenvalue weighted by Gasteiger charge is 2.06. The van der Waals surface area contributed by atoms with E-state index in [9.17, 15) is 13.6 Å². The third-order valence-electron chi connectivity index (χ3n) is 1.76. The number of alkyl carbamates (subject to hydrolysis) is 1. The van der Waals surface area contributed by atoms with Gasteiger partial charge in [0.2, 0.25) is 0 Å². The monoisotopic (exact) mass is 229 g/mol. The average molecular weight is 229 g/mol. The summed E-state index contributed by atoms with van der Waals surface area (Å²) in [6, 6.07) is 3.44. The minimum absolute atomic E-state index is 0.1000. The van der Waals surface area contributed by atoms with Gasteiger partial charge in [0.15, 0.2) is 11.6 Å². The van der Waals surface area contributed by atoms with Gasteiger partial charge in [-0.15, -0.1) is 0 Å². The Balaban J connectivity index is 2.48. The Morgan fingerprint density at radius 2 is 2.06 bits per heavy atom. The summed E-state index contributed by atoms with van der Waals surface area (Å²) in [6.45, 7) is 3.54. The zero-order chi connectivity index (χ0) is 12.1. The fourth-order valence-corrected chi connectivity index (χ4v) is 1.08. The zero-order valence-electron chi connectivity index (χ0n) is 9.09. The lowest BCUT2D eigenvalue weighted by Crippen LogP contribution is -2.26. The molecule has 0 aromatic heterocycles. The van der Waals surface area contributed by atoms with Crippen LogP contribution in [-0.4, -0.2) is 12.2 Å². The molecular formula is C11H13F2NO2. The first kappa shape index (κ1) is 12.4. The van der Waals surface area contributed by atoms with E-state index in [1.165, 1.54) is 6.07 Å². The van der Waals surface area contributed by atoms with Crippen molar-refractivity contribution in [1.29, 1.82) is 0 Å². The normalized spacial score (nSPS) is 10.3. The summed E-state index contributed by atoms with van der Waals surface area (Å²) in [6.07, 6.45) is -0.801. The Labute approximate surface area is 92.4 Å². The van der Waals surface area contributed by atoms with Crippen LogP contribution in [0.25, 0.3) is 0 Å². The molecule has 0 aliphatic heterocycles. The average Bonchev–Trinajstić information content (AvgIpc) is 2.19. The van der Waals surface area contributed by atoms with Gasteiger partial charge in [0, 0.05) is 6.54 Å². The summed E-state index contributed by atoms with van der Waals surface area (Å²) in [7, 11) is 0. The Hall–Kier alpha value is -1.65. The van der Waals surface area contributed by atoms with Crippen molar-refractivity contribution < 1.29 is 18.3 Å². The van der Waals surface area contributed by atoms with E-state index in [-0.39, 0.29) is 12.6 Å². The van der Waals surface area contributed by atoms with Crippen LogP contribution in [0.3, 0.4) is 0 Å². The van der Waals surface area contributed by atoms with E-state index in [1.807, 2.05) is 0 Å². The number of carbonyl (C=O) groups is 1. The fourth-order valence-electron chi connectivity index (χ4n) is 1.08. The number of hydrogen-bond acceptors (Lipinski definition) is 2. The van der Waals surface area contributed by atoms with Crippen LogP contribution >= 0.6 is 0 Å². The summed E-state index contributed by atoms with van der Waals surface area (Å²) in [5.41, 5.74) is 0.472. The number of rotatable bonds is 3. The molecule has 0 atom stereocenters. The Kier molecular flexibility index (Phi) is 4.22. The summed E-state index contributed by atoms with van der Waals surface area (Å²) < 4.78 is 30.2. The minimum atomic E-state index is -0.934. The molecule has 3 nitrogen and oxygen atoms in total. The first-order valence-corrected chi connectivity index (χ1v) is 4.87. The largest absolute Gasteiger partial charge is 0.447 e. The number of nitrogens with one attached hydrogen (secondary N) is 1. The highest BCUT2D eigenvalue weighted by Crippen LogP contribution is 2.08. The van der Waals surface area contributed by atoms with Gasteiger partial charge >= 0.3 is 6.09 Å². The lowest BCUT2D eigenvalue weighted by Gasteiger charge is -2.09. The van der Waals surface area contributed by atoms with Crippen LogP contribution in [0, 0.1) is 11.6 Å². The van der Waals surface area contributed by atoms with Crippen molar-refractivity contribution in [2.45, 2.75) is 26.5 Å². The van der Waals surface area contributed by atoms with Crippen molar-refractivity contribution in [2.24, 2.45) is 0 Å². The summed E-state index contributed by atoms with van der Waals surface area (Å²) >= 11 is 0. The first-order valence-electron chi connectivity index (χ1n) is 4.87. The minimum Gasteiger partial charge on any atom is -0.447 e. The molecule has 0 aliphatic rings. The molecule has 0 saturated carbocycles. The maximum Gasteiger partial charge on any atom is 0.407 e. The smallest absolute Gasteiger partial charge is 0.407 e. The van der Waals surface area contributed by atoms with Crippen molar-refractivity contribution in [3.63, 3.8) is 0 Å². The van der Waals surface area contributed by atoms with E-state index in [0.29, 0.717) is 5.56 Å². The molecule has 0 radical (unpaired) electrons. The van der Waals surface area contributed by atoms with Crippen LogP contribution in [0.4, 0.5) is 13.6 Å². The fraction of sp³-hybridized carbons (Fsp3) is 0.364. The predicted octanol–water partition coefficient (Wildman–Crippen LogP) is 2.60. The molecule has 0 heterocycles. The standard InChI is InChI=1S/C11H13F2NO2/c1-7(2)16-11(15)14-6-8-3-4-9(12)10(13)5-8/h3-5,7H,6H2,1-2H3,(H,14,15). The van der Waals surface area contributed by atoms with Crippen molar-refractivity contribution in [3.05, 3.63) is 35.4 Å². The Morgan fingerprint density at radius 1 is 1.38 bits per heavy atom. The van der Waals surface area contributed by atoms with E-state index in [4.69, 9.17) is 4.74 Å². The quantitative estimate of drug-likeness (QED) is 0.865. The highest BCUT2D eigenvalue weighted by molar-refractivity contribution is 5.67. The molecular weight excluding hydrogens is 216 g/mol. The van der Waals surface area contributed by atoms with Gasteiger partial charge in [-0.1, -0.05) is 6.07 Å². The van der Waals surface area contributed by atoms with Crippen LogP contribution in [-0.2, 0) is 11.3 Å². The number of amides is 1. The van der Waals surface area contributed by atoms with Gasteiger partial charge in [0.05, 0.1) is 6.10 Å². The van der Waals surface area contributed by atoms with Crippen molar-refractivity contribution in [1.82, 2.24) is 5.32 Å². The summed E-state index contributed by atoms with van der Waals surface area (Å²) in [4.78, 5) is 11.1. The van der Waals surface area contributed by atoms with Crippen LogP contribution < -0.4 is 5.32 Å². The molecule has 1 aromatic carbocycles. The zero-order valence-corrected chi connectivity index (χ0v) is 9.09. The van der Waals surface area contributed by atoms with Gasteiger partial charge in [-0.2, -0.15) is 0 Å². The number of ether oxygens (including phenoxy) is 1. The van der Waals surface area contributed by atoms with E-state index in [2.05, 4.69) is 5.32 Å². The van der Waals surface area contributed by atoms with E-state index >= 15 is 0 Å². The van der Waals surface area contributed by atoms with Gasteiger partial charge in [-0.25, -0.2) is 13.6 Å². The second kappa shape index (κ2) is 5.44. The van der Waals surface area contributed by atoms with Gasteiger partial charge in [-0.05, 0) is 31.5 Å². The van der Waals surface area contributed by atoms with Gasteiger partial charge in [-0.3, -0.25) is 0 Å². The molecule has 88 valence electrons. The second-order valence-electron chi connectivity index (χ2n) is 3.56. The molecule has 0 aliphatic carbocycles. The van der Waals surface area contributed by atoms with Crippen LogP contribution in [0.15, 0.2) is 18.2 Å². The Bertz CT molecular complexity index is 380. The lowest BCUT2D eigenvalue weighted by molar-refractivity contribution is 0.115. The Morgan fingerprint density at radius 3 is 2.62 bits per heavy atom. The second-order valence-corrected chi connectivity index (χ2v) is 3.56. The molecule has 0 fully saturated rings. The van der Waals surface area contributed by atoms with Crippen molar-refractivity contribution in [2.75, 3.05) is 0 Å². The number of halogens is 2. The molecule has 0 bridgehead atoms. The molecule has 0 saturated heterocycles. The molecule has 5 heteroatoms. The number of benzene rings is 1. The molecule has 1 aromatic rings. The van der Waals surface area contributed by atoms with E-state index in [0.717, 1.165) is 12.1 Å². The molecule has 1 amide bonds. The number of hydrogen-bond donors (Lipinski definition) is 1. The third-order valence-corrected chi connectivity index (χ3v) is 1.76. The van der Waals surface area contributed by atoms with Crippen LogP contribution in [0.5, 0.6) is 0 Å². The van der Waals surface area contributed by atoms with Crippen molar-refractivity contribution >= 4 is 6.09 Å². The summed E-state index contributed by atoms with van der Waals surface area (Å²) in [5, 5.41) is 2.43. The molecule has 16 heavy (non-hydrogen) atoms. The maximum absolute atomic E-state index is 12.8. The molecule has 0 spiro atoms. The van der Waals surface area contributed by atoms with Crippen LogP contribution in [0.2, 0.25) is 0 Å².